The number of aromatic nitrogens is 2. The van der Waals surface area contributed by atoms with Gasteiger partial charge in [-0.2, -0.15) is 0 Å². The number of hydrogen-bond acceptors (Lipinski definition) is 4. The molecule has 0 fully saturated rings. The third kappa shape index (κ3) is 2.05. The molecule has 0 saturated heterocycles. The van der Waals surface area contributed by atoms with Crippen LogP contribution in [0.3, 0.4) is 0 Å². The highest BCUT2D eigenvalue weighted by Gasteiger charge is 2.20. The molecule has 2 N–H and O–H groups in total. The predicted octanol–water partition coefficient (Wildman–Crippen LogP) is 2.08. The van der Waals surface area contributed by atoms with Crippen LogP contribution in [0, 0.1) is 13.8 Å². The summed E-state index contributed by atoms with van der Waals surface area (Å²) < 4.78 is 12.3. The van der Waals surface area contributed by atoms with E-state index in [1.807, 2.05) is 19.9 Å². The molecule has 0 aliphatic rings. The smallest absolute Gasteiger partial charge is 0.114 e. The third-order valence-electron chi connectivity index (χ3n) is 2.79. The van der Waals surface area contributed by atoms with E-state index in [4.69, 9.17) is 5.73 Å². The van der Waals surface area contributed by atoms with Crippen LogP contribution in [0.4, 0.5) is 5.69 Å². The van der Waals surface area contributed by atoms with Crippen LogP contribution in [0.2, 0.25) is 0 Å². The van der Waals surface area contributed by atoms with Crippen LogP contribution in [0.25, 0.3) is 11.0 Å². The fourth-order valence-corrected chi connectivity index (χ4v) is 3.23. The van der Waals surface area contributed by atoms with Gasteiger partial charge in [-0.25, -0.2) is 9.97 Å². The third-order valence-corrected chi connectivity index (χ3v) is 4.34. The zero-order valence-corrected chi connectivity index (χ0v) is 11.4. The molecule has 5 heteroatoms. The minimum atomic E-state index is -2.46. The number of nitrogens with two attached hydrogens (primary N) is 1. The Hall–Kier alpha value is -1.41. The molecule has 2 rings (SSSR count). The maximum atomic E-state index is 12.3. The molecule has 1 aromatic carbocycles. The van der Waals surface area contributed by atoms with Gasteiger partial charge in [0.05, 0.1) is 22.2 Å². The zero-order valence-electron chi connectivity index (χ0n) is 10.5. The minimum Gasteiger partial charge on any atom is -0.398 e. The highest BCUT2D eigenvalue weighted by molar-refractivity contribution is 7.71. The standard InChI is InChI=1S/C12H16N3OP/c1-7-8(2)15-11-10(14-7)6-5-9(13)12(11)17(3,4)16/h5-6H,13H2,1-4H3. The molecule has 0 aliphatic carbocycles. The van der Waals surface area contributed by atoms with Crippen molar-refractivity contribution in [1.82, 2.24) is 9.97 Å². The SMILES string of the molecule is Cc1nc2ccc(N)c(P(C)(C)=O)c2nc1C. The lowest BCUT2D eigenvalue weighted by atomic mass is 10.2. The van der Waals surface area contributed by atoms with Crippen molar-refractivity contribution in [2.75, 3.05) is 19.1 Å². The lowest BCUT2D eigenvalue weighted by Gasteiger charge is -2.13. The number of anilines is 1. The van der Waals surface area contributed by atoms with Crippen molar-refractivity contribution in [3.63, 3.8) is 0 Å². The van der Waals surface area contributed by atoms with E-state index in [1.54, 1.807) is 19.4 Å². The molecule has 0 radical (unpaired) electrons. The van der Waals surface area contributed by atoms with Gasteiger partial charge in [0.15, 0.2) is 0 Å². The Kier molecular flexibility index (Phi) is 2.70. The Morgan fingerprint density at radius 2 is 1.71 bits per heavy atom. The Morgan fingerprint density at radius 1 is 1.12 bits per heavy atom. The normalized spacial score (nSPS) is 12.0. The van der Waals surface area contributed by atoms with Crippen LogP contribution in [-0.4, -0.2) is 23.3 Å². The van der Waals surface area contributed by atoms with Crippen LogP contribution < -0.4 is 11.0 Å². The monoisotopic (exact) mass is 249 g/mol. The number of nitrogen functional groups attached to an aromatic ring is 1. The summed E-state index contributed by atoms with van der Waals surface area (Å²) in [6.45, 7) is 7.21. The molecule has 90 valence electrons. The Labute approximate surface area is 101 Å². The van der Waals surface area contributed by atoms with Gasteiger partial charge in [0.25, 0.3) is 0 Å². The Morgan fingerprint density at radius 3 is 2.29 bits per heavy atom. The lowest BCUT2D eigenvalue weighted by molar-refractivity contribution is 0.588. The van der Waals surface area contributed by atoms with E-state index >= 15 is 0 Å². The molecule has 0 saturated carbocycles. The molecule has 4 nitrogen and oxygen atoms in total. The maximum absolute atomic E-state index is 12.3. The topological polar surface area (TPSA) is 68.9 Å². The molecule has 1 aromatic heterocycles. The molecule has 0 bridgehead atoms. The van der Waals surface area contributed by atoms with E-state index in [-0.39, 0.29) is 0 Å². The fourth-order valence-electron chi connectivity index (χ4n) is 1.86. The zero-order chi connectivity index (χ0) is 12.8. The van der Waals surface area contributed by atoms with Crippen molar-refractivity contribution in [3.05, 3.63) is 23.5 Å². The molecule has 0 atom stereocenters. The summed E-state index contributed by atoms with van der Waals surface area (Å²) >= 11 is 0. The number of nitrogens with zero attached hydrogens (tertiary/aromatic N) is 2. The average Bonchev–Trinajstić information content (AvgIpc) is 2.18. The van der Waals surface area contributed by atoms with Gasteiger partial charge in [0.1, 0.15) is 12.7 Å². The van der Waals surface area contributed by atoms with Gasteiger partial charge in [0.2, 0.25) is 0 Å². The van der Waals surface area contributed by atoms with Gasteiger partial charge in [-0.3, -0.25) is 0 Å². The van der Waals surface area contributed by atoms with Gasteiger partial charge in [-0.15, -0.1) is 0 Å². The van der Waals surface area contributed by atoms with E-state index in [0.29, 0.717) is 16.5 Å². The van der Waals surface area contributed by atoms with Crippen LogP contribution in [0.5, 0.6) is 0 Å². The number of aryl methyl sites for hydroxylation is 2. The van der Waals surface area contributed by atoms with Gasteiger partial charge >= 0.3 is 0 Å². The second-order valence-corrected chi connectivity index (χ2v) is 7.77. The van der Waals surface area contributed by atoms with Crippen LogP contribution in [-0.2, 0) is 4.57 Å². The summed E-state index contributed by atoms with van der Waals surface area (Å²) in [4.78, 5) is 8.94. The number of hydrogen-bond donors (Lipinski definition) is 1. The predicted molar refractivity (Wildman–Crippen MR) is 72.5 cm³/mol. The van der Waals surface area contributed by atoms with E-state index in [2.05, 4.69) is 9.97 Å². The van der Waals surface area contributed by atoms with Crippen LogP contribution >= 0.6 is 7.14 Å². The van der Waals surface area contributed by atoms with Crippen molar-refractivity contribution >= 4 is 29.2 Å². The second kappa shape index (κ2) is 3.81. The minimum absolute atomic E-state index is 0.531. The highest BCUT2D eigenvalue weighted by atomic mass is 31.2. The van der Waals surface area contributed by atoms with Gasteiger partial charge < -0.3 is 10.3 Å². The first-order valence-electron chi connectivity index (χ1n) is 5.39. The largest absolute Gasteiger partial charge is 0.398 e. The summed E-state index contributed by atoms with van der Waals surface area (Å²) in [5, 5.41) is 0.644. The van der Waals surface area contributed by atoms with E-state index in [1.165, 1.54) is 0 Å². The van der Waals surface area contributed by atoms with E-state index in [0.717, 1.165) is 16.9 Å². The summed E-state index contributed by atoms with van der Waals surface area (Å²) in [7, 11) is -2.46. The summed E-state index contributed by atoms with van der Waals surface area (Å²) in [5.41, 5.74) is 9.60. The molecule has 0 spiro atoms. The average molecular weight is 249 g/mol. The van der Waals surface area contributed by atoms with E-state index < -0.39 is 7.14 Å². The first-order valence-corrected chi connectivity index (χ1v) is 8.00. The van der Waals surface area contributed by atoms with Gasteiger partial charge in [-0.05, 0) is 39.3 Å². The van der Waals surface area contributed by atoms with E-state index in [9.17, 15) is 4.57 Å². The molecule has 17 heavy (non-hydrogen) atoms. The number of benzene rings is 1. The summed E-state index contributed by atoms with van der Waals surface area (Å²) in [6.07, 6.45) is 0. The molecular formula is C12H16N3OP. The maximum Gasteiger partial charge on any atom is 0.114 e. The lowest BCUT2D eigenvalue weighted by Crippen LogP contribution is -2.13. The van der Waals surface area contributed by atoms with Gasteiger partial charge in [0, 0.05) is 5.69 Å². The second-order valence-electron chi connectivity index (χ2n) is 4.62. The van der Waals surface area contributed by atoms with Crippen molar-refractivity contribution in [3.8, 4) is 0 Å². The van der Waals surface area contributed by atoms with Crippen molar-refractivity contribution in [1.29, 1.82) is 0 Å². The van der Waals surface area contributed by atoms with Crippen LogP contribution in [0.15, 0.2) is 12.1 Å². The first kappa shape index (κ1) is 12.1. The molecule has 0 amide bonds. The molecule has 1 heterocycles. The Bertz CT molecular complexity index is 646. The quantitative estimate of drug-likeness (QED) is 0.620. The molecular weight excluding hydrogens is 233 g/mol. The molecule has 0 unspecified atom stereocenters. The summed E-state index contributed by atoms with van der Waals surface area (Å²) in [6, 6.07) is 3.57. The fraction of sp³-hybridized carbons (Fsp3) is 0.333. The van der Waals surface area contributed by atoms with Crippen molar-refractivity contribution in [2.24, 2.45) is 0 Å². The van der Waals surface area contributed by atoms with Crippen molar-refractivity contribution in [2.45, 2.75) is 13.8 Å². The molecule has 0 aliphatic heterocycles. The van der Waals surface area contributed by atoms with Crippen molar-refractivity contribution < 1.29 is 4.57 Å². The first-order chi connectivity index (χ1) is 7.80. The number of rotatable bonds is 1. The Balaban J connectivity index is 2.95. The van der Waals surface area contributed by atoms with Gasteiger partial charge in [-0.1, -0.05) is 0 Å². The highest BCUT2D eigenvalue weighted by Crippen LogP contribution is 2.39. The van der Waals surface area contributed by atoms with Crippen LogP contribution in [0.1, 0.15) is 11.4 Å². The molecule has 2 aromatic rings. The number of fused-ring (bicyclic) bond motifs is 1. The summed E-state index contributed by atoms with van der Waals surface area (Å²) in [5.74, 6) is 0.